The summed E-state index contributed by atoms with van der Waals surface area (Å²) in [7, 11) is 0. The normalized spacial score (nSPS) is 15.1. The average Bonchev–Trinajstić information content (AvgIpc) is 2.52. The summed E-state index contributed by atoms with van der Waals surface area (Å²) in [6.07, 6.45) is -0.271. The van der Waals surface area contributed by atoms with Crippen LogP contribution >= 0.6 is 0 Å². The summed E-state index contributed by atoms with van der Waals surface area (Å²) < 4.78 is 35.7. The van der Waals surface area contributed by atoms with Gasteiger partial charge in [-0.05, 0) is 37.9 Å². The highest BCUT2D eigenvalue weighted by Gasteiger charge is 2.21. The van der Waals surface area contributed by atoms with E-state index in [1.165, 1.54) is 0 Å². The largest absolute Gasteiger partial charge is 0.507 e. The van der Waals surface area contributed by atoms with Crippen molar-refractivity contribution >= 4 is 5.57 Å². The molecular weight excluding hydrogens is 264 g/mol. The first kappa shape index (κ1) is 10.3. The molecule has 0 atom stereocenters. The summed E-state index contributed by atoms with van der Waals surface area (Å²) >= 11 is 0. The van der Waals surface area contributed by atoms with Gasteiger partial charge in [0, 0.05) is 9.68 Å². The molecule has 0 aliphatic rings. The van der Waals surface area contributed by atoms with Crippen LogP contribution in [0, 0.1) is 0 Å². The highest BCUT2D eigenvalue weighted by molar-refractivity contribution is 5.86. The molecule has 2 aromatic carbocycles. The number of allylic oxidation sites excluding steroid dienone is 1. The van der Waals surface area contributed by atoms with Crippen molar-refractivity contribution in [2.24, 2.45) is 0 Å². The van der Waals surface area contributed by atoms with E-state index in [2.05, 4.69) is 0 Å². The topological polar surface area (TPSA) is 49.7 Å². The van der Waals surface area contributed by atoms with Gasteiger partial charge in [0.25, 0.3) is 0 Å². The maximum Gasteiger partial charge on any atom is 0.172 e. The second-order valence-corrected chi connectivity index (χ2v) is 4.94. The lowest BCUT2D eigenvalue weighted by Gasteiger charge is -2.19. The predicted octanol–water partition coefficient (Wildman–Crippen LogP) is 4.59. The molecule has 0 saturated heterocycles. The number of phenols is 2. The first-order valence-corrected chi connectivity index (χ1v) is 6.57. The molecular formula is C18H20O3. The van der Waals surface area contributed by atoms with Crippen LogP contribution in [0.1, 0.15) is 31.7 Å². The summed E-state index contributed by atoms with van der Waals surface area (Å²) in [5.41, 5.74) is 0.256. The SMILES string of the molecule is [2H]C=C(c1cc(O)c(OC(C)C)c(-c2ccccc2)c1O)C([2H])([2H])[2H]. The molecule has 0 amide bonds. The van der Waals surface area contributed by atoms with Crippen molar-refractivity contribution in [2.75, 3.05) is 0 Å². The van der Waals surface area contributed by atoms with Gasteiger partial charge in [-0.1, -0.05) is 36.9 Å². The Kier molecular flexibility index (Phi) is 2.91. The fraction of sp³-hybridized carbons (Fsp3) is 0.222. The molecule has 0 unspecified atom stereocenters. The first-order valence-electron chi connectivity index (χ1n) is 8.65. The number of ether oxygens (including phenoxy) is 1. The van der Waals surface area contributed by atoms with E-state index in [0.29, 0.717) is 12.1 Å². The molecule has 0 aliphatic heterocycles. The van der Waals surface area contributed by atoms with Crippen molar-refractivity contribution in [1.29, 1.82) is 0 Å². The van der Waals surface area contributed by atoms with Gasteiger partial charge in [-0.25, -0.2) is 0 Å². The van der Waals surface area contributed by atoms with Gasteiger partial charge >= 0.3 is 0 Å². The third-order valence-electron chi connectivity index (χ3n) is 2.94. The van der Waals surface area contributed by atoms with E-state index in [-0.39, 0.29) is 40.1 Å². The summed E-state index contributed by atoms with van der Waals surface area (Å²) in [5.74, 6) is -0.587. The first-order chi connectivity index (χ1) is 11.7. The van der Waals surface area contributed by atoms with Crippen molar-refractivity contribution in [3.8, 4) is 28.4 Å². The Balaban J connectivity index is 2.82. The molecule has 3 nitrogen and oxygen atoms in total. The van der Waals surface area contributed by atoms with E-state index < -0.39 is 6.85 Å². The van der Waals surface area contributed by atoms with Gasteiger partial charge in [0.15, 0.2) is 11.5 Å². The van der Waals surface area contributed by atoms with Crippen molar-refractivity contribution in [3.63, 3.8) is 0 Å². The zero-order valence-corrected chi connectivity index (χ0v) is 11.9. The van der Waals surface area contributed by atoms with Gasteiger partial charge in [-0.2, -0.15) is 0 Å². The maximum absolute atomic E-state index is 10.8. The lowest BCUT2D eigenvalue weighted by Crippen LogP contribution is -2.07. The number of hydrogen-bond donors (Lipinski definition) is 2. The third kappa shape index (κ3) is 3.02. The Morgan fingerprint density at radius 2 is 2.00 bits per heavy atom. The average molecular weight is 288 g/mol. The lowest BCUT2D eigenvalue weighted by atomic mass is 9.96. The fourth-order valence-electron chi connectivity index (χ4n) is 2.07. The van der Waals surface area contributed by atoms with Crippen LogP contribution < -0.4 is 4.74 Å². The molecule has 0 saturated carbocycles. The minimum absolute atomic E-state index is 0.0670. The quantitative estimate of drug-likeness (QED) is 0.809. The van der Waals surface area contributed by atoms with Gasteiger partial charge in [0.2, 0.25) is 0 Å². The predicted molar refractivity (Wildman–Crippen MR) is 85.7 cm³/mol. The molecule has 21 heavy (non-hydrogen) atoms. The summed E-state index contributed by atoms with van der Waals surface area (Å²) in [5, 5.41) is 21.2. The molecule has 0 heterocycles. The summed E-state index contributed by atoms with van der Waals surface area (Å²) in [6, 6.07) is 9.85. The van der Waals surface area contributed by atoms with Crippen LogP contribution in [0.2, 0.25) is 0 Å². The molecule has 2 rings (SSSR count). The standard InChI is InChI=1S/C18H20O3/c1-11(2)14-10-15(19)18(21-12(3)4)16(17(14)20)13-8-6-5-7-9-13/h5-10,12,19-20H,1H2,2-4H3/i1D,2D3. The van der Waals surface area contributed by atoms with E-state index in [0.717, 1.165) is 6.07 Å². The molecule has 0 bridgehead atoms. The van der Waals surface area contributed by atoms with Crippen LogP contribution in [0.15, 0.2) is 43.0 Å². The van der Waals surface area contributed by atoms with Gasteiger partial charge in [0.1, 0.15) is 5.75 Å². The van der Waals surface area contributed by atoms with Crippen LogP contribution in [0.5, 0.6) is 17.2 Å². The zero-order chi connectivity index (χ0) is 18.8. The smallest absolute Gasteiger partial charge is 0.172 e. The van der Waals surface area contributed by atoms with Crippen LogP contribution in [0.25, 0.3) is 16.7 Å². The number of phenolic OH excluding ortho intramolecular Hbond substituents is 2. The lowest BCUT2D eigenvalue weighted by molar-refractivity contribution is 0.232. The highest BCUT2D eigenvalue weighted by Crippen LogP contribution is 2.47. The minimum atomic E-state index is -2.61. The molecule has 2 aromatic rings. The Bertz CT molecular complexity index is 781. The Morgan fingerprint density at radius 3 is 2.57 bits per heavy atom. The Labute approximate surface area is 130 Å². The molecule has 3 heteroatoms. The molecule has 2 N–H and O–H groups in total. The van der Waals surface area contributed by atoms with Gasteiger partial charge in [0.05, 0.1) is 13.0 Å². The number of rotatable bonds is 4. The van der Waals surface area contributed by atoms with Crippen LogP contribution in [0.4, 0.5) is 0 Å². The molecule has 0 spiro atoms. The van der Waals surface area contributed by atoms with Crippen molar-refractivity contribution < 1.29 is 20.4 Å². The Morgan fingerprint density at radius 1 is 1.29 bits per heavy atom. The second-order valence-electron chi connectivity index (χ2n) is 4.94. The number of benzene rings is 2. The van der Waals surface area contributed by atoms with Crippen molar-refractivity contribution in [1.82, 2.24) is 0 Å². The molecule has 110 valence electrons. The summed E-state index contributed by atoms with van der Waals surface area (Å²) in [4.78, 5) is 0. The number of aromatic hydroxyl groups is 2. The van der Waals surface area contributed by atoms with Gasteiger partial charge < -0.3 is 14.9 Å². The monoisotopic (exact) mass is 288 g/mol. The van der Waals surface area contributed by atoms with E-state index in [1.807, 2.05) is 0 Å². The molecule has 0 aliphatic carbocycles. The minimum Gasteiger partial charge on any atom is -0.507 e. The zero-order valence-electron chi connectivity index (χ0n) is 15.9. The molecule has 0 radical (unpaired) electrons. The maximum atomic E-state index is 10.8. The summed E-state index contributed by atoms with van der Waals surface area (Å²) in [6.45, 7) is 1.60. The van der Waals surface area contributed by atoms with Crippen molar-refractivity contribution in [2.45, 2.75) is 26.8 Å². The van der Waals surface area contributed by atoms with E-state index >= 15 is 0 Å². The fourth-order valence-corrected chi connectivity index (χ4v) is 2.07. The van der Waals surface area contributed by atoms with Gasteiger partial charge in [-0.3, -0.25) is 0 Å². The van der Waals surface area contributed by atoms with E-state index in [9.17, 15) is 10.2 Å². The van der Waals surface area contributed by atoms with Crippen molar-refractivity contribution in [3.05, 3.63) is 48.5 Å². The second kappa shape index (κ2) is 5.92. The molecule has 0 aromatic heterocycles. The Hall–Kier alpha value is -2.42. The van der Waals surface area contributed by atoms with Crippen LogP contribution in [0.3, 0.4) is 0 Å². The third-order valence-corrected chi connectivity index (χ3v) is 2.94. The van der Waals surface area contributed by atoms with Crippen LogP contribution in [-0.2, 0) is 0 Å². The van der Waals surface area contributed by atoms with Gasteiger partial charge in [-0.15, -0.1) is 0 Å². The van der Waals surface area contributed by atoms with E-state index in [4.69, 9.17) is 10.2 Å². The molecule has 0 fully saturated rings. The number of hydrogen-bond acceptors (Lipinski definition) is 3. The van der Waals surface area contributed by atoms with E-state index in [1.54, 1.807) is 44.2 Å². The highest BCUT2D eigenvalue weighted by atomic mass is 16.5. The van der Waals surface area contributed by atoms with Crippen LogP contribution in [-0.4, -0.2) is 16.3 Å².